The molecule has 22 heavy (non-hydrogen) atoms. The van der Waals surface area contributed by atoms with Crippen LogP contribution >= 0.6 is 11.6 Å². The summed E-state index contributed by atoms with van der Waals surface area (Å²) in [5.74, 6) is 0.603. The Bertz CT molecular complexity index is 540. The van der Waals surface area contributed by atoms with E-state index in [0.29, 0.717) is 5.92 Å². The molecule has 2 fully saturated rings. The van der Waals surface area contributed by atoms with E-state index in [2.05, 4.69) is 51.2 Å². The molecule has 2 aliphatic heterocycles. The Kier molecular flexibility index (Phi) is 4.32. The van der Waals surface area contributed by atoms with Crippen molar-refractivity contribution in [1.29, 1.82) is 0 Å². The molecule has 2 heterocycles. The third-order valence-electron chi connectivity index (χ3n) is 5.34. The molecule has 0 aliphatic carbocycles. The zero-order valence-electron chi connectivity index (χ0n) is 13.9. The van der Waals surface area contributed by atoms with Crippen LogP contribution in [-0.2, 0) is 9.31 Å². The van der Waals surface area contributed by atoms with E-state index in [4.69, 9.17) is 20.9 Å². The van der Waals surface area contributed by atoms with Gasteiger partial charge < -0.3 is 14.6 Å². The predicted molar refractivity (Wildman–Crippen MR) is 92.0 cm³/mol. The van der Waals surface area contributed by atoms with Gasteiger partial charge in [-0.25, -0.2) is 0 Å². The Morgan fingerprint density at radius 1 is 1.09 bits per heavy atom. The van der Waals surface area contributed by atoms with Gasteiger partial charge >= 0.3 is 7.12 Å². The molecular formula is C17H25BClNO2. The molecule has 3 nitrogen and oxygen atoms in total. The van der Waals surface area contributed by atoms with Gasteiger partial charge in [-0.3, -0.25) is 0 Å². The number of hydrogen-bond acceptors (Lipinski definition) is 3. The van der Waals surface area contributed by atoms with Gasteiger partial charge in [0.1, 0.15) is 0 Å². The number of rotatable bonds is 2. The van der Waals surface area contributed by atoms with Crippen molar-refractivity contribution in [2.75, 3.05) is 13.1 Å². The fourth-order valence-corrected chi connectivity index (χ4v) is 3.39. The van der Waals surface area contributed by atoms with Crippen molar-refractivity contribution < 1.29 is 9.31 Å². The molecule has 3 rings (SSSR count). The molecule has 0 saturated carbocycles. The highest BCUT2D eigenvalue weighted by atomic mass is 35.5. The van der Waals surface area contributed by atoms with Crippen LogP contribution in [0, 0.1) is 0 Å². The second-order valence-electron chi connectivity index (χ2n) is 7.39. The molecule has 0 bridgehead atoms. The standard InChI is InChI=1S/C17H25BClNO2/c1-16(2)17(3,4)22-18(21-16)14-6-5-13(11-15(14)19)12-7-9-20-10-8-12/h5-6,11-12,20H,7-10H2,1-4H3. The molecule has 0 atom stereocenters. The average Bonchev–Trinajstić information content (AvgIpc) is 2.68. The first kappa shape index (κ1) is 16.3. The molecule has 1 aromatic carbocycles. The van der Waals surface area contributed by atoms with Gasteiger partial charge in [0, 0.05) is 10.5 Å². The molecule has 2 aliphatic rings. The second kappa shape index (κ2) is 5.83. The molecule has 2 saturated heterocycles. The molecule has 1 N–H and O–H groups in total. The van der Waals surface area contributed by atoms with Crippen LogP contribution < -0.4 is 10.8 Å². The predicted octanol–water partition coefficient (Wildman–Crippen LogP) is 3.11. The highest BCUT2D eigenvalue weighted by molar-refractivity contribution is 6.65. The van der Waals surface area contributed by atoms with Crippen molar-refractivity contribution in [3.8, 4) is 0 Å². The van der Waals surface area contributed by atoms with Crippen molar-refractivity contribution >= 4 is 24.2 Å². The zero-order valence-corrected chi connectivity index (χ0v) is 14.7. The minimum absolute atomic E-state index is 0.339. The van der Waals surface area contributed by atoms with Crippen LogP contribution in [-0.4, -0.2) is 31.4 Å². The summed E-state index contributed by atoms with van der Waals surface area (Å²) >= 11 is 6.54. The first-order valence-electron chi connectivity index (χ1n) is 8.16. The number of hydrogen-bond donors (Lipinski definition) is 1. The number of halogens is 1. The van der Waals surface area contributed by atoms with Gasteiger partial charge in [0.2, 0.25) is 0 Å². The van der Waals surface area contributed by atoms with Gasteiger partial charge in [-0.1, -0.05) is 23.7 Å². The average molecular weight is 322 g/mol. The topological polar surface area (TPSA) is 30.5 Å². The van der Waals surface area contributed by atoms with E-state index in [9.17, 15) is 0 Å². The van der Waals surface area contributed by atoms with Crippen LogP contribution in [0.5, 0.6) is 0 Å². The van der Waals surface area contributed by atoms with Crippen LogP contribution in [0.2, 0.25) is 5.02 Å². The summed E-state index contributed by atoms with van der Waals surface area (Å²) in [6.45, 7) is 10.4. The minimum atomic E-state index is -0.389. The second-order valence-corrected chi connectivity index (χ2v) is 7.80. The van der Waals surface area contributed by atoms with Crippen molar-refractivity contribution in [3.63, 3.8) is 0 Å². The lowest BCUT2D eigenvalue weighted by atomic mass is 9.77. The van der Waals surface area contributed by atoms with E-state index < -0.39 is 0 Å². The smallest absolute Gasteiger partial charge is 0.399 e. The van der Waals surface area contributed by atoms with Gasteiger partial charge in [0.25, 0.3) is 0 Å². The maximum Gasteiger partial charge on any atom is 0.496 e. The quantitative estimate of drug-likeness (QED) is 0.849. The summed E-state index contributed by atoms with van der Waals surface area (Å²) in [6, 6.07) is 6.35. The number of piperidine rings is 1. The first-order chi connectivity index (χ1) is 10.3. The normalized spacial score (nSPS) is 24.7. The minimum Gasteiger partial charge on any atom is -0.399 e. The summed E-state index contributed by atoms with van der Waals surface area (Å²) in [4.78, 5) is 0. The highest BCUT2D eigenvalue weighted by Crippen LogP contribution is 2.37. The fourth-order valence-electron chi connectivity index (χ4n) is 3.11. The van der Waals surface area contributed by atoms with Crippen molar-refractivity contribution in [3.05, 3.63) is 28.8 Å². The zero-order chi connectivity index (χ0) is 16.0. The van der Waals surface area contributed by atoms with Gasteiger partial charge in [-0.15, -0.1) is 0 Å². The molecule has 0 unspecified atom stereocenters. The summed E-state index contributed by atoms with van der Waals surface area (Å²) in [5.41, 5.74) is 1.58. The fraction of sp³-hybridized carbons (Fsp3) is 0.647. The van der Waals surface area contributed by atoms with Crippen LogP contribution in [0.15, 0.2) is 18.2 Å². The van der Waals surface area contributed by atoms with E-state index in [1.165, 1.54) is 18.4 Å². The Labute approximate surface area is 138 Å². The van der Waals surface area contributed by atoms with Crippen molar-refractivity contribution in [2.24, 2.45) is 0 Å². The molecule has 0 spiro atoms. The van der Waals surface area contributed by atoms with Gasteiger partial charge in [0.05, 0.1) is 11.2 Å². The van der Waals surface area contributed by atoms with Crippen molar-refractivity contribution in [2.45, 2.75) is 57.7 Å². The summed E-state index contributed by atoms with van der Waals surface area (Å²) in [6.07, 6.45) is 2.35. The Hall–Kier alpha value is -0.545. The number of benzene rings is 1. The van der Waals surface area contributed by atoms with E-state index in [1.54, 1.807) is 0 Å². The molecule has 0 radical (unpaired) electrons. The van der Waals surface area contributed by atoms with Gasteiger partial charge in [0.15, 0.2) is 0 Å². The van der Waals surface area contributed by atoms with Crippen LogP contribution in [0.1, 0.15) is 52.0 Å². The highest BCUT2D eigenvalue weighted by Gasteiger charge is 2.52. The molecule has 0 aromatic heterocycles. The van der Waals surface area contributed by atoms with E-state index in [1.807, 2.05) is 0 Å². The first-order valence-corrected chi connectivity index (χ1v) is 8.54. The Balaban J connectivity index is 1.81. The molecular weight excluding hydrogens is 296 g/mol. The Morgan fingerprint density at radius 3 is 2.23 bits per heavy atom. The largest absolute Gasteiger partial charge is 0.496 e. The maximum atomic E-state index is 6.54. The van der Waals surface area contributed by atoms with Crippen LogP contribution in [0.25, 0.3) is 0 Å². The molecule has 1 aromatic rings. The van der Waals surface area contributed by atoms with Crippen LogP contribution in [0.4, 0.5) is 0 Å². The van der Waals surface area contributed by atoms with Crippen molar-refractivity contribution in [1.82, 2.24) is 5.32 Å². The van der Waals surface area contributed by atoms with E-state index >= 15 is 0 Å². The lowest BCUT2D eigenvalue weighted by Gasteiger charge is -2.32. The Morgan fingerprint density at radius 2 is 1.68 bits per heavy atom. The summed E-state index contributed by atoms with van der Waals surface area (Å²) < 4.78 is 12.2. The number of nitrogens with one attached hydrogen (secondary N) is 1. The lowest BCUT2D eigenvalue weighted by Crippen LogP contribution is -2.41. The molecule has 0 amide bonds. The van der Waals surface area contributed by atoms with E-state index in [0.717, 1.165) is 23.6 Å². The molecule has 5 heteroatoms. The summed E-state index contributed by atoms with van der Waals surface area (Å²) in [5, 5.41) is 4.15. The van der Waals surface area contributed by atoms with Gasteiger partial charge in [-0.05, 0) is 71.2 Å². The maximum absolute atomic E-state index is 6.54. The summed E-state index contributed by atoms with van der Waals surface area (Å²) in [7, 11) is -0.389. The third-order valence-corrected chi connectivity index (χ3v) is 5.67. The van der Waals surface area contributed by atoms with Gasteiger partial charge in [-0.2, -0.15) is 0 Å². The molecule has 120 valence electrons. The lowest BCUT2D eigenvalue weighted by molar-refractivity contribution is 0.00578. The SMILES string of the molecule is CC1(C)OB(c2ccc(C3CCNCC3)cc2Cl)OC1(C)C. The monoisotopic (exact) mass is 321 g/mol. The van der Waals surface area contributed by atoms with Crippen LogP contribution in [0.3, 0.4) is 0 Å². The third kappa shape index (κ3) is 2.94. The van der Waals surface area contributed by atoms with E-state index in [-0.39, 0.29) is 18.3 Å².